The first kappa shape index (κ1) is 15.3. The van der Waals surface area contributed by atoms with Crippen molar-refractivity contribution in [3.63, 3.8) is 0 Å². The van der Waals surface area contributed by atoms with Gasteiger partial charge in [-0.15, -0.1) is 5.10 Å². The maximum Gasteiger partial charge on any atom is 0.344 e. The zero-order valence-electron chi connectivity index (χ0n) is 11.4. The molecule has 1 aromatic carbocycles. The molecule has 7 heteroatoms. The molecule has 0 saturated heterocycles. The maximum absolute atomic E-state index is 11.7. The predicted molar refractivity (Wildman–Crippen MR) is 84.3 cm³/mol. The highest BCUT2D eigenvalue weighted by Gasteiger charge is 2.13. The molecule has 0 aliphatic rings. The van der Waals surface area contributed by atoms with E-state index in [1.807, 2.05) is 32.0 Å². The smallest absolute Gasteiger partial charge is 0.330 e. The second-order valence-corrected chi connectivity index (χ2v) is 6.56. The van der Waals surface area contributed by atoms with Crippen molar-refractivity contribution >= 4 is 27.7 Å². The minimum absolute atomic E-state index is 0.0729. The van der Waals surface area contributed by atoms with Crippen LogP contribution in [0, 0.1) is 0 Å². The van der Waals surface area contributed by atoms with Crippen LogP contribution in [0.1, 0.15) is 25.5 Å². The summed E-state index contributed by atoms with van der Waals surface area (Å²) in [6, 6.07) is 6.16. The van der Waals surface area contributed by atoms with Crippen molar-refractivity contribution in [1.29, 1.82) is 0 Å². The Kier molecular flexibility index (Phi) is 5.06. The molecule has 1 aromatic heterocycles. The standard InChI is InChI=1S/C13H17BrN4OS/c1-8(2)18-12(19)16-17-13(18)20-10-4-3-9(5-6-15)11(14)7-10/h3-4,7-8H,5-6,15H2,1-2H3,(H,16,19). The first-order chi connectivity index (χ1) is 9.52. The molecule has 108 valence electrons. The van der Waals surface area contributed by atoms with Crippen molar-refractivity contribution in [3.05, 3.63) is 38.7 Å². The fraction of sp³-hybridized carbons (Fsp3) is 0.385. The van der Waals surface area contributed by atoms with E-state index < -0.39 is 0 Å². The number of aromatic amines is 1. The Labute approximate surface area is 130 Å². The molecule has 2 rings (SSSR count). The monoisotopic (exact) mass is 356 g/mol. The van der Waals surface area contributed by atoms with E-state index in [0.29, 0.717) is 11.7 Å². The normalized spacial score (nSPS) is 11.2. The Morgan fingerprint density at radius 1 is 1.50 bits per heavy atom. The van der Waals surface area contributed by atoms with E-state index in [1.54, 1.807) is 4.57 Å². The van der Waals surface area contributed by atoms with Gasteiger partial charge in [-0.25, -0.2) is 9.89 Å². The second-order valence-electron chi connectivity index (χ2n) is 4.67. The van der Waals surface area contributed by atoms with Gasteiger partial charge in [0.25, 0.3) is 0 Å². The highest BCUT2D eigenvalue weighted by atomic mass is 79.9. The van der Waals surface area contributed by atoms with Gasteiger partial charge in [0.2, 0.25) is 0 Å². The summed E-state index contributed by atoms with van der Waals surface area (Å²) in [5.74, 6) is 0. The van der Waals surface area contributed by atoms with Crippen LogP contribution in [0.3, 0.4) is 0 Å². The molecule has 0 saturated carbocycles. The molecule has 0 aliphatic carbocycles. The average molecular weight is 357 g/mol. The molecule has 0 radical (unpaired) electrons. The molecule has 0 amide bonds. The van der Waals surface area contributed by atoms with Gasteiger partial charge in [-0.2, -0.15) is 0 Å². The van der Waals surface area contributed by atoms with Crippen molar-refractivity contribution < 1.29 is 0 Å². The van der Waals surface area contributed by atoms with Gasteiger partial charge in [-0.05, 0) is 56.3 Å². The van der Waals surface area contributed by atoms with Crippen LogP contribution in [0.25, 0.3) is 0 Å². The van der Waals surface area contributed by atoms with Gasteiger partial charge in [0, 0.05) is 15.4 Å². The quantitative estimate of drug-likeness (QED) is 0.862. The van der Waals surface area contributed by atoms with E-state index >= 15 is 0 Å². The van der Waals surface area contributed by atoms with Crippen molar-refractivity contribution in [1.82, 2.24) is 14.8 Å². The van der Waals surface area contributed by atoms with E-state index in [1.165, 1.54) is 17.3 Å². The van der Waals surface area contributed by atoms with Gasteiger partial charge in [-0.3, -0.25) is 4.57 Å². The molecule has 0 atom stereocenters. The molecular weight excluding hydrogens is 340 g/mol. The lowest BCUT2D eigenvalue weighted by Gasteiger charge is -2.09. The Hall–Kier alpha value is -1.05. The first-order valence-corrected chi connectivity index (χ1v) is 7.97. The van der Waals surface area contributed by atoms with Crippen LogP contribution in [-0.2, 0) is 6.42 Å². The summed E-state index contributed by atoms with van der Waals surface area (Å²) < 4.78 is 2.67. The number of rotatable bonds is 5. The highest BCUT2D eigenvalue weighted by molar-refractivity contribution is 9.10. The van der Waals surface area contributed by atoms with Crippen molar-refractivity contribution in [3.8, 4) is 0 Å². The van der Waals surface area contributed by atoms with Crippen LogP contribution in [0.5, 0.6) is 0 Å². The Bertz CT molecular complexity index is 650. The molecule has 5 nitrogen and oxygen atoms in total. The number of hydrogen-bond donors (Lipinski definition) is 2. The van der Waals surface area contributed by atoms with Crippen LogP contribution in [0.4, 0.5) is 0 Å². The zero-order chi connectivity index (χ0) is 14.7. The number of H-pyrrole nitrogens is 1. The Morgan fingerprint density at radius 2 is 2.25 bits per heavy atom. The summed E-state index contributed by atoms with van der Waals surface area (Å²) in [4.78, 5) is 12.7. The lowest BCUT2D eigenvalue weighted by Crippen LogP contribution is -2.19. The third-order valence-electron chi connectivity index (χ3n) is 2.84. The maximum atomic E-state index is 11.7. The van der Waals surface area contributed by atoms with Crippen molar-refractivity contribution in [2.45, 2.75) is 36.4 Å². The van der Waals surface area contributed by atoms with E-state index in [2.05, 4.69) is 26.1 Å². The van der Waals surface area contributed by atoms with E-state index in [0.717, 1.165) is 15.8 Å². The largest absolute Gasteiger partial charge is 0.344 e. The molecule has 20 heavy (non-hydrogen) atoms. The summed E-state index contributed by atoms with van der Waals surface area (Å²) in [7, 11) is 0. The van der Waals surface area contributed by atoms with Crippen molar-refractivity contribution in [2.24, 2.45) is 5.73 Å². The summed E-state index contributed by atoms with van der Waals surface area (Å²) >= 11 is 5.01. The molecular formula is C13H17BrN4OS. The van der Waals surface area contributed by atoms with Gasteiger partial charge < -0.3 is 5.73 Å². The number of hydrogen-bond acceptors (Lipinski definition) is 4. The van der Waals surface area contributed by atoms with Crippen molar-refractivity contribution in [2.75, 3.05) is 6.54 Å². The molecule has 0 unspecified atom stereocenters. The number of nitrogens with zero attached hydrogens (tertiary/aromatic N) is 2. The predicted octanol–water partition coefficient (Wildman–Crippen LogP) is 2.57. The lowest BCUT2D eigenvalue weighted by molar-refractivity contribution is 0.534. The number of nitrogens with one attached hydrogen (secondary N) is 1. The number of benzene rings is 1. The minimum Gasteiger partial charge on any atom is -0.330 e. The average Bonchev–Trinajstić information content (AvgIpc) is 2.74. The zero-order valence-corrected chi connectivity index (χ0v) is 13.8. The molecule has 0 bridgehead atoms. The third kappa shape index (κ3) is 3.34. The molecule has 0 fully saturated rings. The summed E-state index contributed by atoms with van der Waals surface area (Å²) in [6.45, 7) is 4.54. The fourth-order valence-electron chi connectivity index (χ4n) is 1.87. The molecule has 1 heterocycles. The first-order valence-electron chi connectivity index (χ1n) is 6.36. The third-order valence-corrected chi connectivity index (χ3v) is 4.53. The molecule has 0 spiro atoms. The van der Waals surface area contributed by atoms with E-state index in [-0.39, 0.29) is 11.7 Å². The molecule has 0 aliphatic heterocycles. The van der Waals surface area contributed by atoms with Gasteiger partial charge in [0.1, 0.15) is 0 Å². The van der Waals surface area contributed by atoms with Gasteiger partial charge in [0.05, 0.1) is 0 Å². The Balaban J connectivity index is 2.27. The topological polar surface area (TPSA) is 76.7 Å². The summed E-state index contributed by atoms with van der Waals surface area (Å²) in [5.41, 5.74) is 6.57. The molecule has 2 aromatic rings. The van der Waals surface area contributed by atoms with Gasteiger partial charge in [-0.1, -0.05) is 22.0 Å². The van der Waals surface area contributed by atoms with E-state index in [9.17, 15) is 4.79 Å². The molecule has 3 N–H and O–H groups in total. The van der Waals surface area contributed by atoms with E-state index in [4.69, 9.17) is 5.73 Å². The van der Waals surface area contributed by atoms with Gasteiger partial charge in [0.15, 0.2) is 5.16 Å². The van der Waals surface area contributed by atoms with Crippen LogP contribution in [0.2, 0.25) is 0 Å². The van der Waals surface area contributed by atoms with Crippen LogP contribution in [0.15, 0.2) is 37.5 Å². The minimum atomic E-state index is -0.179. The van der Waals surface area contributed by atoms with Crippen LogP contribution >= 0.6 is 27.7 Å². The Morgan fingerprint density at radius 3 is 2.85 bits per heavy atom. The van der Waals surface area contributed by atoms with Crippen LogP contribution in [-0.4, -0.2) is 21.3 Å². The summed E-state index contributed by atoms with van der Waals surface area (Å²) in [5, 5.41) is 7.24. The number of halogens is 1. The summed E-state index contributed by atoms with van der Waals surface area (Å²) in [6.07, 6.45) is 0.838. The van der Waals surface area contributed by atoms with Crippen LogP contribution < -0.4 is 11.4 Å². The van der Waals surface area contributed by atoms with Gasteiger partial charge >= 0.3 is 5.69 Å². The number of nitrogens with two attached hydrogens (primary N) is 1. The lowest BCUT2D eigenvalue weighted by atomic mass is 10.1. The SMILES string of the molecule is CC(C)n1c(Sc2ccc(CCN)c(Br)c2)n[nH]c1=O. The highest BCUT2D eigenvalue weighted by Crippen LogP contribution is 2.30. The number of aromatic nitrogens is 3. The second kappa shape index (κ2) is 6.60. The fourth-order valence-corrected chi connectivity index (χ4v) is 3.61.